The highest BCUT2D eigenvalue weighted by atomic mass is 16.5. The topological polar surface area (TPSA) is 93.0 Å². The number of unbranched alkanes of at least 4 members (excludes halogenated alkanes) is 2. The first-order valence-corrected chi connectivity index (χ1v) is 5.31. The van der Waals surface area contributed by atoms with Crippen molar-refractivity contribution in [2.24, 2.45) is 0 Å². The van der Waals surface area contributed by atoms with Gasteiger partial charge in [0.2, 0.25) is 0 Å². The molecule has 0 aliphatic heterocycles. The number of hydrogen-bond donors (Lipinski definition) is 3. The van der Waals surface area contributed by atoms with Crippen LogP contribution in [0.5, 0.6) is 0 Å². The number of ether oxygens (including phenoxy) is 1. The Kier molecular flexibility index (Phi) is 5.35. The molecule has 0 unspecified atom stereocenters. The highest BCUT2D eigenvalue weighted by Crippen LogP contribution is 2.05. The number of methoxy groups -OCH3 is 1. The molecule has 0 aromatic carbocycles. The Morgan fingerprint density at radius 3 is 3.00 bits per heavy atom. The van der Waals surface area contributed by atoms with Gasteiger partial charge >= 0.3 is 0 Å². The van der Waals surface area contributed by atoms with Crippen LogP contribution in [0.15, 0.2) is 6.20 Å². The summed E-state index contributed by atoms with van der Waals surface area (Å²) in [7, 11) is 1.68. The molecule has 1 aromatic heterocycles. The van der Waals surface area contributed by atoms with E-state index in [1.807, 2.05) is 0 Å². The molecular weight excluding hydrogens is 208 g/mol. The van der Waals surface area contributed by atoms with Crippen molar-refractivity contribution in [1.29, 1.82) is 0 Å². The average molecular weight is 226 g/mol. The summed E-state index contributed by atoms with van der Waals surface area (Å²) in [5.74, 6) is -0.207. The molecule has 0 spiro atoms. The molecule has 1 rings (SSSR count). The normalized spacial score (nSPS) is 10.3. The minimum absolute atomic E-state index is 0.207. The van der Waals surface area contributed by atoms with Crippen molar-refractivity contribution in [3.05, 3.63) is 11.9 Å². The molecule has 0 aliphatic rings. The van der Waals surface area contributed by atoms with Gasteiger partial charge in [0, 0.05) is 20.3 Å². The molecule has 0 radical (unpaired) electrons. The molecule has 4 N–H and O–H groups in total. The molecule has 6 nitrogen and oxygen atoms in total. The lowest BCUT2D eigenvalue weighted by Gasteiger charge is -2.04. The van der Waals surface area contributed by atoms with Crippen LogP contribution in [0.2, 0.25) is 0 Å². The van der Waals surface area contributed by atoms with Crippen molar-refractivity contribution in [2.45, 2.75) is 19.3 Å². The Morgan fingerprint density at radius 2 is 2.38 bits per heavy atom. The highest BCUT2D eigenvalue weighted by Gasteiger charge is 2.10. The summed E-state index contributed by atoms with van der Waals surface area (Å²) >= 11 is 0. The van der Waals surface area contributed by atoms with E-state index < -0.39 is 0 Å². The Labute approximate surface area is 94.5 Å². The fraction of sp³-hybridized carbons (Fsp3) is 0.600. The Hall–Kier alpha value is -1.56. The van der Waals surface area contributed by atoms with Gasteiger partial charge in [0.15, 0.2) is 0 Å². The zero-order valence-electron chi connectivity index (χ0n) is 9.45. The van der Waals surface area contributed by atoms with Gasteiger partial charge in [0.25, 0.3) is 5.91 Å². The lowest BCUT2D eigenvalue weighted by molar-refractivity contribution is 0.0948. The van der Waals surface area contributed by atoms with Crippen molar-refractivity contribution < 1.29 is 9.53 Å². The molecule has 1 aromatic rings. The van der Waals surface area contributed by atoms with E-state index in [2.05, 4.69) is 15.5 Å². The van der Waals surface area contributed by atoms with Crippen molar-refractivity contribution in [3.8, 4) is 0 Å². The molecule has 90 valence electrons. The first-order valence-electron chi connectivity index (χ1n) is 5.31. The monoisotopic (exact) mass is 226 g/mol. The van der Waals surface area contributed by atoms with E-state index in [-0.39, 0.29) is 5.91 Å². The first kappa shape index (κ1) is 12.5. The smallest absolute Gasteiger partial charge is 0.271 e. The molecule has 1 heterocycles. The number of anilines is 1. The second kappa shape index (κ2) is 6.84. The van der Waals surface area contributed by atoms with Gasteiger partial charge in [0.05, 0.1) is 11.9 Å². The van der Waals surface area contributed by atoms with Crippen molar-refractivity contribution >= 4 is 11.6 Å². The van der Waals surface area contributed by atoms with Gasteiger partial charge in [-0.25, -0.2) is 0 Å². The number of carbonyl (C=O) groups excluding carboxylic acids is 1. The van der Waals surface area contributed by atoms with E-state index >= 15 is 0 Å². The second-order valence-electron chi connectivity index (χ2n) is 3.51. The number of carbonyl (C=O) groups is 1. The van der Waals surface area contributed by atoms with Crippen LogP contribution in [0.3, 0.4) is 0 Å². The maximum atomic E-state index is 11.5. The van der Waals surface area contributed by atoms with Crippen LogP contribution in [0.4, 0.5) is 5.69 Å². The van der Waals surface area contributed by atoms with Gasteiger partial charge in [0.1, 0.15) is 5.69 Å². The average Bonchev–Trinajstić information content (AvgIpc) is 2.69. The molecule has 0 saturated carbocycles. The maximum Gasteiger partial charge on any atom is 0.271 e. The molecule has 1 amide bonds. The Morgan fingerprint density at radius 1 is 1.56 bits per heavy atom. The van der Waals surface area contributed by atoms with Crippen molar-refractivity contribution in [3.63, 3.8) is 0 Å². The fourth-order valence-electron chi connectivity index (χ4n) is 1.32. The largest absolute Gasteiger partial charge is 0.396 e. The summed E-state index contributed by atoms with van der Waals surface area (Å²) in [4.78, 5) is 11.5. The van der Waals surface area contributed by atoms with Crippen LogP contribution in [-0.2, 0) is 4.74 Å². The molecule has 0 aliphatic carbocycles. The number of hydrogen-bond acceptors (Lipinski definition) is 4. The van der Waals surface area contributed by atoms with Gasteiger partial charge in [-0.2, -0.15) is 5.10 Å². The molecular formula is C10H18N4O2. The number of nitrogen functional groups attached to an aromatic ring is 1. The van der Waals surface area contributed by atoms with E-state index in [1.165, 1.54) is 6.20 Å². The molecule has 0 saturated heterocycles. The Balaban J connectivity index is 2.14. The van der Waals surface area contributed by atoms with E-state index in [4.69, 9.17) is 10.5 Å². The quantitative estimate of drug-likeness (QED) is 0.591. The van der Waals surface area contributed by atoms with Crippen LogP contribution in [0.25, 0.3) is 0 Å². The summed E-state index contributed by atoms with van der Waals surface area (Å²) in [5.41, 5.74) is 6.24. The van der Waals surface area contributed by atoms with E-state index in [0.717, 1.165) is 25.9 Å². The van der Waals surface area contributed by atoms with Gasteiger partial charge in [-0.1, -0.05) is 0 Å². The molecule has 6 heteroatoms. The van der Waals surface area contributed by atoms with Gasteiger partial charge in [-0.05, 0) is 19.3 Å². The number of amides is 1. The van der Waals surface area contributed by atoms with E-state index in [0.29, 0.717) is 17.9 Å². The zero-order valence-corrected chi connectivity index (χ0v) is 9.45. The van der Waals surface area contributed by atoms with E-state index in [1.54, 1.807) is 7.11 Å². The molecule has 0 fully saturated rings. The highest BCUT2D eigenvalue weighted by molar-refractivity contribution is 5.96. The number of H-pyrrole nitrogens is 1. The van der Waals surface area contributed by atoms with Crippen molar-refractivity contribution in [2.75, 3.05) is 26.0 Å². The van der Waals surface area contributed by atoms with Crippen molar-refractivity contribution in [1.82, 2.24) is 15.5 Å². The summed E-state index contributed by atoms with van der Waals surface area (Å²) < 4.78 is 4.93. The number of rotatable bonds is 7. The summed E-state index contributed by atoms with van der Waals surface area (Å²) in [5, 5.41) is 9.02. The number of aromatic amines is 1. The van der Waals surface area contributed by atoms with Crippen LogP contribution >= 0.6 is 0 Å². The third kappa shape index (κ3) is 3.90. The SMILES string of the molecule is COCCCCCNC(=O)c1[nH]ncc1N. The number of aromatic nitrogens is 2. The van der Waals surface area contributed by atoms with Crippen LogP contribution in [0, 0.1) is 0 Å². The summed E-state index contributed by atoms with van der Waals surface area (Å²) in [6.45, 7) is 1.41. The lowest BCUT2D eigenvalue weighted by atomic mass is 10.2. The number of nitrogens with two attached hydrogens (primary N) is 1. The number of nitrogens with one attached hydrogen (secondary N) is 2. The Bertz CT molecular complexity index is 324. The van der Waals surface area contributed by atoms with Crippen LogP contribution in [-0.4, -0.2) is 36.4 Å². The summed E-state index contributed by atoms with van der Waals surface area (Å²) in [6, 6.07) is 0. The summed E-state index contributed by atoms with van der Waals surface area (Å²) in [6.07, 6.45) is 4.40. The van der Waals surface area contributed by atoms with E-state index in [9.17, 15) is 4.79 Å². The van der Waals surface area contributed by atoms with Gasteiger partial charge < -0.3 is 15.8 Å². The first-order chi connectivity index (χ1) is 7.75. The minimum Gasteiger partial charge on any atom is -0.396 e. The fourth-order valence-corrected chi connectivity index (χ4v) is 1.32. The van der Waals surface area contributed by atoms with Crippen LogP contribution < -0.4 is 11.1 Å². The maximum absolute atomic E-state index is 11.5. The zero-order chi connectivity index (χ0) is 11.8. The third-order valence-electron chi connectivity index (χ3n) is 2.21. The molecule has 0 atom stereocenters. The standard InChI is InChI=1S/C10H18N4O2/c1-16-6-4-2-3-5-12-10(15)9-8(11)7-13-14-9/h7H,2-6,11H2,1H3,(H,12,15)(H,13,14). The third-order valence-corrected chi connectivity index (χ3v) is 2.21. The molecule has 16 heavy (non-hydrogen) atoms. The predicted molar refractivity (Wildman–Crippen MR) is 61.1 cm³/mol. The minimum atomic E-state index is -0.207. The predicted octanol–water partition coefficient (Wildman–Crippen LogP) is 0.538. The number of nitrogens with zero attached hydrogens (tertiary/aromatic N) is 1. The van der Waals surface area contributed by atoms with Gasteiger partial charge in [-0.3, -0.25) is 9.89 Å². The molecule has 0 bridgehead atoms. The van der Waals surface area contributed by atoms with Crippen LogP contribution in [0.1, 0.15) is 29.8 Å². The van der Waals surface area contributed by atoms with Gasteiger partial charge in [-0.15, -0.1) is 0 Å². The lowest BCUT2D eigenvalue weighted by Crippen LogP contribution is -2.25. The second-order valence-corrected chi connectivity index (χ2v) is 3.51.